The first-order chi connectivity index (χ1) is 18.6. The number of nitrogens with zero attached hydrogens (tertiary/aromatic N) is 5. The van der Waals surface area contributed by atoms with Gasteiger partial charge in [0.05, 0.1) is 34.6 Å². The number of carbonyl (C=O) groups is 1. The lowest BCUT2D eigenvalue weighted by Gasteiger charge is -2.45. The Morgan fingerprint density at radius 2 is 2.08 bits per heavy atom. The lowest BCUT2D eigenvalue weighted by atomic mass is 9.99. The number of anilines is 3. The van der Waals surface area contributed by atoms with Crippen LogP contribution in [-0.2, 0) is 6.18 Å². The van der Waals surface area contributed by atoms with E-state index in [1.807, 2.05) is 0 Å². The third kappa shape index (κ3) is 5.70. The number of carbonyl (C=O) groups excluding carboxylic acids is 1. The maximum absolute atomic E-state index is 13.6. The number of aliphatic hydroxyl groups excluding tert-OH is 2. The molecule has 4 heterocycles. The van der Waals surface area contributed by atoms with Crippen LogP contribution in [0.4, 0.5) is 35.4 Å². The molecule has 3 aromatic rings. The van der Waals surface area contributed by atoms with Crippen LogP contribution < -0.4 is 19.9 Å². The zero-order chi connectivity index (χ0) is 27.7. The van der Waals surface area contributed by atoms with E-state index in [0.29, 0.717) is 18.7 Å². The van der Waals surface area contributed by atoms with E-state index in [1.54, 1.807) is 6.07 Å². The van der Waals surface area contributed by atoms with Gasteiger partial charge in [0.2, 0.25) is 11.8 Å². The Morgan fingerprint density at radius 3 is 2.85 bits per heavy atom. The van der Waals surface area contributed by atoms with Crippen molar-refractivity contribution in [1.82, 2.24) is 15.0 Å². The van der Waals surface area contributed by atoms with Gasteiger partial charge >= 0.3 is 12.2 Å². The number of urea groups is 1. The minimum atomic E-state index is -4.54. The molecule has 0 radical (unpaired) electrons. The van der Waals surface area contributed by atoms with Gasteiger partial charge in [0, 0.05) is 30.9 Å². The fourth-order valence-electron chi connectivity index (χ4n) is 4.62. The molecule has 206 valence electrons. The van der Waals surface area contributed by atoms with Crippen LogP contribution in [0.2, 0.25) is 5.02 Å². The maximum Gasteiger partial charge on any atom is 0.416 e. The Kier molecular flexibility index (Phi) is 7.47. The van der Waals surface area contributed by atoms with E-state index in [4.69, 9.17) is 21.4 Å². The average Bonchev–Trinajstić information content (AvgIpc) is 2.92. The van der Waals surface area contributed by atoms with Crippen LogP contribution in [0.3, 0.4) is 0 Å². The summed E-state index contributed by atoms with van der Waals surface area (Å²) >= 11 is 6.52. The molecule has 2 atom stereocenters. The largest absolute Gasteiger partial charge is 0.475 e. The third-order valence-corrected chi connectivity index (χ3v) is 6.72. The molecule has 2 aliphatic rings. The summed E-state index contributed by atoms with van der Waals surface area (Å²) in [4.78, 5) is 29.9. The van der Waals surface area contributed by atoms with Gasteiger partial charge in [-0.05, 0) is 31.0 Å². The number of alkyl halides is 3. The number of ether oxygens (including phenoxy) is 1. The van der Waals surface area contributed by atoms with Gasteiger partial charge in [0.1, 0.15) is 12.7 Å². The Balaban J connectivity index is 1.48. The van der Waals surface area contributed by atoms with Crippen molar-refractivity contribution in [2.24, 2.45) is 0 Å². The molecule has 39 heavy (non-hydrogen) atoms. The van der Waals surface area contributed by atoms with Crippen molar-refractivity contribution < 1.29 is 32.9 Å². The van der Waals surface area contributed by atoms with Crippen molar-refractivity contribution in [2.75, 3.05) is 41.4 Å². The highest BCUT2D eigenvalue weighted by molar-refractivity contribution is 6.33. The molecular weight excluding hydrogens is 541 g/mol. The molecule has 14 heteroatoms. The van der Waals surface area contributed by atoms with Crippen molar-refractivity contribution >= 4 is 35.1 Å². The van der Waals surface area contributed by atoms with E-state index in [2.05, 4.69) is 25.2 Å². The van der Waals surface area contributed by atoms with Crippen LogP contribution in [0, 0.1) is 0 Å². The number of piperidine rings is 1. The predicted molar refractivity (Wildman–Crippen MR) is 137 cm³/mol. The fourth-order valence-corrected chi connectivity index (χ4v) is 4.87. The summed E-state index contributed by atoms with van der Waals surface area (Å²) in [6.45, 7) is 0.564. The van der Waals surface area contributed by atoms with Crippen LogP contribution in [-0.4, -0.2) is 69.6 Å². The number of hydrogen-bond donors (Lipinski definition) is 3. The van der Waals surface area contributed by atoms with Gasteiger partial charge in [-0.1, -0.05) is 23.7 Å². The average molecular weight is 565 g/mol. The summed E-state index contributed by atoms with van der Waals surface area (Å²) in [6, 6.07) is 6.92. The molecule has 0 aliphatic carbocycles. The topological polar surface area (TPSA) is 124 Å². The van der Waals surface area contributed by atoms with E-state index in [1.165, 1.54) is 29.3 Å². The molecule has 1 saturated heterocycles. The first-order valence-electron chi connectivity index (χ1n) is 12.1. The van der Waals surface area contributed by atoms with Crippen molar-refractivity contribution in [2.45, 2.75) is 31.2 Å². The fraction of sp³-hybridized carbons (Fsp3) is 0.360. The second kappa shape index (κ2) is 10.8. The van der Waals surface area contributed by atoms with Crippen LogP contribution >= 0.6 is 11.6 Å². The van der Waals surface area contributed by atoms with E-state index >= 15 is 0 Å². The quantitative estimate of drug-likeness (QED) is 0.411. The monoisotopic (exact) mass is 564 g/mol. The van der Waals surface area contributed by atoms with E-state index in [9.17, 15) is 23.1 Å². The summed E-state index contributed by atoms with van der Waals surface area (Å²) < 4.78 is 45.4. The normalized spacial score (nSPS) is 17.4. The molecule has 2 aliphatic heterocycles. The molecule has 2 bridgehead atoms. The Bertz CT molecular complexity index is 1380. The number of rotatable bonds is 6. The minimum absolute atomic E-state index is 0.0668. The van der Waals surface area contributed by atoms with Crippen LogP contribution in [0.15, 0.2) is 42.6 Å². The molecule has 0 spiro atoms. The molecule has 5 rings (SSSR count). The second-order valence-corrected chi connectivity index (χ2v) is 9.56. The van der Waals surface area contributed by atoms with E-state index < -0.39 is 30.5 Å². The van der Waals surface area contributed by atoms with Gasteiger partial charge in [-0.25, -0.2) is 14.8 Å². The molecule has 2 amide bonds. The number of amides is 2. The predicted octanol–water partition coefficient (Wildman–Crippen LogP) is 3.96. The second-order valence-electron chi connectivity index (χ2n) is 9.15. The highest BCUT2D eigenvalue weighted by atomic mass is 35.5. The van der Waals surface area contributed by atoms with Gasteiger partial charge in [0.25, 0.3) is 0 Å². The molecular formula is C25H24ClF3N6O4. The van der Waals surface area contributed by atoms with Crippen molar-refractivity contribution in [3.63, 3.8) is 0 Å². The van der Waals surface area contributed by atoms with E-state index in [-0.39, 0.29) is 46.6 Å². The summed E-state index contributed by atoms with van der Waals surface area (Å²) in [5.74, 6) is 0.272. The lowest BCUT2D eigenvalue weighted by molar-refractivity contribution is -0.137. The number of pyridine rings is 1. The highest BCUT2D eigenvalue weighted by Crippen LogP contribution is 2.43. The van der Waals surface area contributed by atoms with E-state index in [0.717, 1.165) is 25.1 Å². The minimum Gasteiger partial charge on any atom is -0.475 e. The molecule has 1 fully saturated rings. The molecule has 3 N–H and O–H groups in total. The maximum atomic E-state index is 13.6. The number of aromatic nitrogens is 3. The van der Waals surface area contributed by atoms with Gasteiger partial charge in [-0.15, -0.1) is 0 Å². The standard InChI is InChI=1S/C25H24ClF3N6O4/c26-18-10-19-22(32-21(18)14-3-1-4-15(9-14)25(27,28)29)35(16-5-2-8-34(19)11-16)24(38)33-23-30-7-6-20(31-23)39-13-17(37)12-36/h1,3-4,6-7,9-10,16-17,36-37H,2,5,8,11-13H2,(H,30,31,33,38)/t16-,17?/m0/s1. The SMILES string of the molecule is O=C(Nc1nccc(OCC(O)CO)n1)N1c2nc(-c3cccc(C(F)(F)F)c3)c(Cl)cc2N2CCC[C@H]1C2. The molecule has 10 nitrogen and oxygen atoms in total. The molecule has 2 aromatic heterocycles. The Morgan fingerprint density at radius 1 is 1.26 bits per heavy atom. The summed E-state index contributed by atoms with van der Waals surface area (Å²) in [6.07, 6.45) is -2.77. The lowest BCUT2D eigenvalue weighted by Crippen LogP contribution is -2.56. The number of fused-ring (bicyclic) bond motifs is 4. The first kappa shape index (κ1) is 26.9. The number of aliphatic hydroxyl groups is 2. The van der Waals surface area contributed by atoms with Gasteiger partial charge in [-0.3, -0.25) is 10.2 Å². The third-order valence-electron chi connectivity index (χ3n) is 6.43. The van der Waals surface area contributed by atoms with Gasteiger partial charge < -0.3 is 19.8 Å². The van der Waals surface area contributed by atoms with Crippen LogP contribution in [0.5, 0.6) is 5.88 Å². The smallest absolute Gasteiger partial charge is 0.416 e. The van der Waals surface area contributed by atoms with Gasteiger partial charge in [0.15, 0.2) is 5.82 Å². The highest BCUT2D eigenvalue weighted by Gasteiger charge is 2.39. The Hall–Kier alpha value is -3.68. The van der Waals surface area contributed by atoms with Crippen molar-refractivity contribution in [3.05, 3.63) is 53.2 Å². The molecule has 0 saturated carbocycles. The zero-order valence-corrected chi connectivity index (χ0v) is 21.2. The van der Waals surface area contributed by atoms with Gasteiger partial charge in [-0.2, -0.15) is 18.2 Å². The van der Waals surface area contributed by atoms with Crippen molar-refractivity contribution in [1.29, 1.82) is 0 Å². The first-order valence-corrected chi connectivity index (χ1v) is 12.5. The number of nitrogens with one attached hydrogen (secondary N) is 1. The van der Waals surface area contributed by atoms with Crippen molar-refractivity contribution in [3.8, 4) is 17.1 Å². The van der Waals surface area contributed by atoms with Crippen LogP contribution in [0.1, 0.15) is 18.4 Å². The Labute approximate surface area is 226 Å². The molecule has 1 unspecified atom stereocenters. The number of halogens is 4. The summed E-state index contributed by atoms with van der Waals surface area (Å²) in [5.41, 5.74) is 0.0472. The summed E-state index contributed by atoms with van der Waals surface area (Å²) in [5, 5.41) is 21.2. The zero-order valence-electron chi connectivity index (χ0n) is 20.4. The number of benzene rings is 1. The van der Waals surface area contributed by atoms with Crippen LogP contribution in [0.25, 0.3) is 11.3 Å². The summed E-state index contributed by atoms with van der Waals surface area (Å²) in [7, 11) is 0. The number of hydrogen-bond acceptors (Lipinski definition) is 8. The molecule has 1 aromatic carbocycles.